The zero-order valence-electron chi connectivity index (χ0n) is 14.8. The molecule has 0 fully saturated rings. The Morgan fingerprint density at radius 3 is 2.52 bits per heavy atom. The molecule has 0 saturated carbocycles. The van der Waals surface area contributed by atoms with E-state index >= 15 is 0 Å². The van der Waals surface area contributed by atoms with E-state index in [0.717, 1.165) is 27.3 Å². The minimum atomic E-state index is -0.0609. The van der Waals surface area contributed by atoms with Gasteiger partial charge in [0.25, 0.3) is 5.91 Å². The highest BCUT2D eigenvalue weighted by Crippen LogP contribution is 2.33. The van der Waals surface area contributed by atoms with Gasteiger partial charge in [0, 0.05) is 16.6 Å². The van der Waals surface area contributed by atoms with Crippen molar-refractivity contribution in [3.05, 3.63) is 81.7 Å². The molecule has 0 aliphatic carbocycles. The third-order valence-electron chi connectivity index (χ3n) is 4.33. The van der Waals surface area contributed by atoms with Crippen LogP contribution < -0.4 is 9.47 Å². The highest BCUT2D eigenvalue weighted by molar-refractivity contribution is 9.10. The predicted molar refractivity (Wildman–Crippen MR) is 104 cm³/mol. The summed E-state index contributed by atoms with van der Waals surface area (Å²) in [5, 5.41) is 0. The molecule has 4 rings (SSSR count). The number of hydrogen-bond acceptors (Lipinski definition) is 4. The first-order chi connectivity index (χ1) is 13.1. The van der Waals surface area contributed by atoms with Gasteiger partial charge in [0.15, 0.2) is 11.5 Å². The average Bonchev–Trinajstić information content (AvgIpc) is 3.29. The highest BCUT2D eigenvalue weighted by Gasteiger charge is 2.20. The third kappa shape index (κ3) is 4.01. The lowest BCUT2D eigenvalue weighted by Crippen LogP contribution is -2.30. The highest BCUT2D eigenvalue weighted by atomic mass is 79.9. The van der Waals surface area contributed by atoms with Crippen molar-refractivity contribution in [3.63, 3.8) is 0 Å². The van der Waals surface area contributed by atoms with E-state index < -0.39 is 0 Å². The number of rotatable bonds is 5. The number of benzene rings is 2. The molecule has 6 heteroatoms. The van der Waals surface area contributed by atoms with Crippen LogP contribution in [0.4, 0.5) is 0 Å². The van der Waals surface area contributed by atoms with Crippen LogP contribution in [0.25, 0.3) is 0 Å². The van der Waals surface area contributed by atoms with E-state index in [2.05, 4.69) is 15.9 Å². The number of carbonyl (C=O) groups excluding carboxylic acids is 1. The second kappa shape index (κ2) is 7.48. The normalized spacial score (nSPS) is 12.2. The van der Waals surface area contributed by atoms with Crippen LogP contribution in [0.5, 0.6) is 11.5 Å². The van der Waals surface area contributed by atoms with Crippen molar-refractivity contribution in [2.24, 2.45) is 0 Å². The summed E-state index contributed by atoms with van der Waals surface area (Å²) in [7, 11) is 0. The summed E-state index contributed by atoms with van der Waals surface area (Å²) in [4.78, 5) is 14.9. The Kier molecular flexibility index (Phi) is 4.90. The molecule has 0 radical (unpaired) electrons. The minimum absolute atomic E-state index is 0.0609. The van der Waals surface area contributed by atoms with Crippen LogP contribution in [0.1, 0.15) is 27.4 Å². The van der Waals surface area contributed by atoms with Crippen molar-refractivity contribution in [2.75, 3.05) is 6.79 Å². The van der Waals surface area contributed by atoms with Crippen LogP contribution in [0, 0.1) is 6.92 Å². The number of ether oxygens (including phenoxy) is 2. The number of furan rings is 1. The summed E-state index contributed by atoms with van der Waals surface area (Å²) < 4.78 is 17.4. The monoisotopic (exact) mass is 427 g/mol. The Labute approximate surface area is 165 Å². The number of carbonyl (C=O) groups is 1. The van der Waals surface area contributed by atoms with Crippen LogP contribution in [0.2, 0.25) is 0 Å². The Hall–Kier alpha value is -2.73. The molecule has 0 bridgehead atoms. The van der Waals surface area contributed by atoms with Crippen molar-refractivity contribution in [3.8, 4) is 11.5 Å². The molecule has 3 aromatic rings. The Morgan fingerprint density at radius 2 is 1.78 bits per heavy atom. The lowest BCUT2D eigenvalue weighted by molar-refractivity contribution is 0.0717. The third-order valence-corrected chi connectivity index (χ3v) is 4.86. The zero-order valence-corrected chi connectivity index (χ0v) is 16.4. The smallest absolute Gasteiger partial charge is 0.254 e. The van der Waals surface area contributed by atoms with Gasteiger partial charge in [-0.1, -0.05) is 22.0 Å². The molecular formula is C21H18BrNO4. The van der Waals surface area contributed by atoms with Crippen molar-refractivity contribution in [2.45, 2.75) is 20.0 Å². The number of hydrogen-bond donors (Lipinski definition) is 0. The molecule has 0 N–H and O–H groups in total. The number of amides is 1. The first-order valence-electron chi connectivity index (χ1n) is 8.57. The van der Waals surface area contributed by atoms with Gasteiger partial charge in [-0.15, -0.1) is 0 Å². The quantitative estimate of drug-likeness (QED) is 0.579. The lowest BCUT2D eigenvalue weighted by atomic mass is 10.1. The molecule has 1 aliphatic rings. The average molecular weight is 428 g/mol. The molecular weight excluding hydrogens is 410 g/mol. The SMILES string of the molecule is Cc1ccc(CN(Cc2ccc3c(c2)OCO3)C(=O)c2ccc(Br)cc2)o1. The zero-order chi connectivity index (χ0) is 18.8. The van der Waals surface area contributed by atoms with E-state index in [0.29, 0.717) is 24.4 Å². The van der Waals surface area contributed by atoms with E-state index in [1.807, 2.05) is 61.5 Å². The van der Waals surface area contributed by atoms with Gasteiger partial charge in [-0.25, -0.2) is 0 Å². The molecule has 0 unspecified atom stereocenters. The van der Waals surface area contributed by atoms with E-state index in [9.17, 15) is 4.79 Å². The number of fused-ring (bicyclic) bond motifs is 1. The van der Waals surface area contributed by atoms with Gasteiger partial charge in [-0.05, 0) is 61.0 Å². The fraction of sp³-hybridized carbons (Fsp3) is 0.190. The number of nitrogens with zero attached hydrogens (tertiary/aromatic N) is 1. The Balaban J connectivity index is 1.60. The number of aryl methyl sites for hydroxylation is 1. The summed E-state index contributed by atoms with van der Waals surface area (Å²) in [5.74, 6) is 2.95. The van der Waals surface area contributed by atoms with Crippen LogP contribution in [-0.2, 0) is 13.1 Å². The van der Waals surface area contributed by atoms with Gasteiger partial charge >= 0.3 is 0 Å². The first-order valence-corrected chi connectivity index (χ1v) is 9.36. The van der Waals surface area contributed by atoms with E-state index in [-0.39, 0.29) is 12.7 Å². The Bertz CT molecular complexity index is 965. The Morgan fingerprint density at radius 1 is 1.00 bits per heavy atom. The van der Waals surface area contributed by atoms with Gasteiger partial charge in [0.2, 0.25) is 6.79 Å². The van der Waals surface area contributed by atoms with Crippen LogP contribution >= 0.6 is 15.9 Å². The lowest BCUT2D eigenvalue weighted by Gasteiger charge is -2.22. The summed E-state index contributed by atoms with van der Waals surface area (Å²) in [5.41, 5.74) is 1.59. The van der Waals surface area contributed by atoms with Gasteiger partial charge in [-0.3, -0.25) is 4.79 Å². The summed E-state index contributed by atoms with van der Waals surface area (Å²) in [6.45, 7) is 2.94. The van der Waals surface area contributed by atoms with Crippen LogP contribution in [0.3, 0.4) is 0 Å². The number of halogens is 1. The largest absolute Gasteiger partial charge is 0.464 e. The molecule has 1 amide bonds. The standard InChI is InChI=1S/C21H18BrNO4/c1-14-2-8-18(27-14)12-23(21(24)16-4-6-17(22)7-5-16)11-15-3-9-19-20(10-15)26-13-25-19/h2-10H,11-13H2,1H3. The van der Waals surface area contributed by atoms with Crippen molar-refractivity contribution in [1.29, 1.82) is 0 Å². The molecule has 0 saturated heterocycles. The first kappa shape index (κ1) is 17.7. The topological polar surface area (TPSA) is 51.9 Å². The molecule has 1 aliphatic heterocycles. The maximum atomic E-state index is 13.1. The predicted octanol–water partition coefficient (Wildman–Crippen LogP) is 4.92. The molecule has 27 heavy (non-hydrogen) atoms. The second-order valence-electron chi connectivity index (χ2n) is 6.37. The maximum absolute atomic E-state index is 13.1. The minimum Gasteiger partial charge on any atom is -0.464 e. The van der Waals surface area contributed by atoms with Gasteiger partial charge in [-0.2, -0.15) is 0 Å². The van der Waals surface area contributed by atoms with E-state index in [4.69, 9.17) is 13.9 Å². The fourth-order valence-electron chi connectivity index (χ4n) is 2.99. The summed E-state index contributed by atoms with van der Waals surface area (Å²) >= 11 is 3.40. The second-order valence-corrected chi connectivity index (χ2v) is 7.28. The van der Waals surface area contributed by atoms with Crippen LogP contribution in [0.15, 0.2) is 63.5 Å². The van der Waals surface area contributed by atoms with Crippen molar-refractivity contribution < 1.29 is 18.7 Å². The molecule has 2 aromatic carbocycles. The molecule has 5 nitrogen and oxygen atoms in total. The van der Waals surface area contributed by atoms with E-state index in [1.54, 1.807) is 4.90 Å². The molecule has 0 spiro atoms. The van der Waals surface area contributed by atoms with Gasteiger partial charge < -0.3 is 18.8 Å². The van der Waals surface area contributed by atoms with Crippen molar-refractivity contribution in [1.82, 2.24) is 4.90 Å². The molecule has 1 aromatic heterocycles. The summed E-state index contributed by atoms with van der Waals surface area (Å²) in [6.07, 6.45) is 0. The van der Waals surface area contributed by atoms with E-state index in [1.165, 1.54) is 0 Å². The fourth-order valence-corrected chi connectivity index (χ4v) is 3.26. The van der Waals surface area contributed by atoms with Crippen molar-refractivity contribution >= 4 is 21.8 Å². The van der Waals surface area contributed by atoms with Gasteiger partial charge in [0.05, 0.1) is 6.54 Å². The van der Waals surface area contributed by atoms with Gasteiger partial charge in [0.1, 0.15) is 11.5 Å². The molecule has 2 heterocycles. The maximum Gasteiger partial charge on any atom is 0.254 e. The molecule has 138 valence electrons. The molecule has 0 atom stereocenters. The van der Waals surface area contributed by atoms with Crippen LogP contribution in [-0.4, -0.2) is 17.6 Å². The summed E-state index contributed by atoms with van der Waals surface area (Å²) in [6, 6.07) is 16.9.